The predicted molar refractivity (Wildman–Crippen MR) is 129 cm³/mol. The maximum Gasteiger partial charge on any atom is 0.471 e. The molecule has 1 saturated heterocycles. The zero-order chi connectivity index (χ0) is 26.9. The second-order valence-corrected chi connectivity index (χ2v) is 11.2. The molecule has 2 unspecified atom stereocenters. The lowest BCUT2D eigenvalue weighted by Gasteiger charge is -2.28. The first-order valence-corrected chi connectivity index (χ1v) is 13.6. The molecule has 1 amide bonds. The Kier molecular flexibility index (Phi) is 10.0. The second kappa shape index (κ2) is 13.0. The van der Waals surface area contributed by atoms with E-state index in [0.717, 1.165) is 0 Å². The van der Waals surface area contributed by atoms with Gasteiger partial charge in [0.1, 0.15) is 18.0 Å². The molecule has 0 saturated carbocycles. The summed E-state index contributed by atoms with van der Waals surface area (Å²) in [5.41, 5.74) is 1.26. The summed E-state index contributed by atoms with van der Waals surface area (Å²) in [5, 5.41) is 4.63. The molecule has 1 aliphatic heterocycles. The van der Waals surface area contributed by atoms with Crippen molar-refractivity contribution in [3.8, 4) is 0 Å². The van der Waals surface area contributed by atoms with Crippen LogP contribution in [0.3, 0.4) is 0 Å². The highest BCUT2D eigenvalue weighted by Crippen LogP contribution is 2.53. The lowest BCUT2D eigenvalue weighted by molar-refractivity contribution is -0.174. The fourth-order valence-corrected chi connectivity index (χ4v) is 5.95. The molecule has 0 aromatic heterocycles. The zero-order valence-electron chi connectivity index (χ0n) is 19.9. The van der Waals surface area contributed by atoms with Gasteiger partial charge in [0.15, 0.2) is 0 Å². The number of hydrogen-bond donors (Lipinski definition) is 2. The summed E-state index contributed by atoms with van der Waals surface area (Å²) < 4.78 is 63.9. The molecule has 0 aliphatic carbocycles. The largest absolute Gasteiger partial charge is 0.471 e. The molecule has 8 nitrogen and oxygen atoms in total. The quantitative estimate of drug-likeness (QED) is 0.252. The van der Waals surface area contributed by atoms with Crippen molar-refractivity contribution in [3.05, 3.63) is 71.8 Å². The number of hydrogen-bond acceptors (Lipinski definition) is 7. The molecule has 200 valence electrons. The molecule has 2 aromatic rings. The molecular formula is C25H28F3N2O6P. The van der Waals surface area contributed by atoms with Crippen LogP contribution < -0.4 is 10.6 Å². The fourth-order valence-electron chi connectivity index (χ4n) is 3.83. The molecule has 2 aromatic carbocycles. The third-order valence-corrected chi connectivity index (χ3v) is 8.38. The van der Waals surface area contributed by atoms with Crippen molar-refractivity contribution in [1.82, 2.24) is 10.6 Å². The van der Waals surface area contributed by atoms with E-state index in [1.807, 2.05) is 0 Å². The Bertz CT molecular complexity index is 1110. The predicted octanol–water partition coefficient (Wildman–Crippen LogP) is 3.94. The van der Waals surface area contributed by atoms with Gasteiger partial charge in [-0.1, -0.05) is 60.7 Å². The van der Waals surface area contributed by atoms with E-state index in [4.69, 9.17) is 9.26 Å². The summed E-state index contributed by atoms with van der Waals surface area (Å²) in [7, 11) is -4.38. The number of rotatable bonds is 11. The average molecular weight is 540 g/mol. The molecule has 0 bridgehead atoms. The fraction of sp³-hybridized carbons (Fsp3) is 0.400. The molecule has 37 heavy (non-hydrogen) atoms. The van der Waals surface area contributed by atoms with Gasteiger partial charge in [0.05, 0.1) is 6.61 Å². The first-order chi connectivity index (χ1) is 17.6. The maximum absolute atomic E-state index is 14.1. The van der Waals surface area contributed by atoms with E-state index in [9.17, 15) is 32.1 Å². The van der Waals surface area contributed by atoms with Crippen LogP contribution in [0.25, 0.3) is 0 Å². The molecule has 1 fully saturated rings. The summed E-state index contributed by atoms with van der Waals surface area (Å²) in [6.07, 6.45) is -5.16. The number of alkyl halides is 3. The van der Waals surface area contributed by atoms with Gasteiger partial charge < -0.3 is 19.9 Å². The van der Waals surface area contributed by atoms with Crippen molar-refractivity contribution in [2.45, 2.75) is 50.3 Å². The van der Waals surface area contributed by atoms with Crippen LogP contribution >= 0.6 is 7.37 Å². The van der Waals surface area contributed by atoms with Crippen molar-refractivity contribution < 1.29 is 41.4 Å². The molecular weight excluding hydrogens is 512 g/mol. The normalized spacial score (nSPS) is 18.0. The van der Waals surface area contributed by atoms with E-state index < -0.39 is 49.4 Å². The number of benzene rings is 2. The van der Waals surface area contributed by atoms with Crippen LogP contribution in [0.2, 0.25) is 0 Å². The molecule has 12 heteroatoms. The molecule has 3 rings (SSSR count). The third kappa shape index (κ3) is 8.80. The highest BCUT2D eigenvalue weighted by atomic mass is 31.2. The lowest BCUT2D eigenvalue weighted by atomic mass is 10.1. The smallest absolute Gasteiger partial charge is 0.392 e. The molecule has 1 heterocycles. The van der Waals surface area contributed by atoms with Crippen molar-refractivity contribution in [2.24, 2.45) is 0 Å². The van der Waals surface area contributed by atoms with Crippen LogP contribution in [0.4, 0.5) is 13.2 Å². The van der Waals surface area contributed by atoms with Crippen LogP contribution in [-0.4, -0.2) is 48.6 Å². The topological polar surface area (TPSA) is 111 Å². The Balaban J connectivity index is 1.84. The van der Waals surface area contributed by atoms with E-state index in [1.54, 1.807) is 66.0 Å². The summed E-state index contributed by atoms with van der Waals surface area (Å²) in [6, 6.07) is 16.3. The first-order valence-electron chi connectivity index (χ1n) is 11.7. The Morgan fingerprint density at radius 2 is 1.65 bits per heavy atom. The Morgan fingerprint density at radius 3 is 2.22 bits per heavy atom. The minimum atomic E-state index is -5.25. The summed E-state index contributed by atoms with van der Waals surface area (Å²) in [5.74, 6) is -6.05. The Labute approximate surface area is 212 Å². The summed E-state index contributed by atoms with van der Waals surface area (Å²) >= 11 is 0. The molecule has 1 aliphatic rings. The number of carbonyl (C=O) groups excluding carboxylic acids is 3. The van der Waals surface area contributed by atoms with Crippen molar-refractivity contribution in [3.63, 3.8) is 0 Å². The SMILES string of the molecule is O=C(CP(=O)(OCc1ccccc1)C(CCc1ccccc1)NC(=O)C(F)(F)F)OC(=O)[C@@H]1CCCN1. The monoisotopic (exact) mass is 540 g/mol. The van der Waals surface area contributed by atoms with Crippen LogP contribution in [-0.2, 0) is 41.2 Å². The van der Waals surface area contributed by atoms with Gasteiger partial charge >= 0.3 is 24.0 Å². The van der Waals surface area contributed by atoms with E-state index >= 15 is 0 Å². The van der Waals surface area contributed by atoms with Gasteiger partial charge in [0.2, 0.25) is 7.37 Å². The Morgan fingerprint density at radius 1 is 1.03 bits per heavy atom. The third-order valence-electron chi connectivity index (χ3n) is 5.78. The van der Waals surface area contributed by atoms with Crippen LogP contribution in [0.5, 0.6) is 0 Å². The van der Waals surface area contributed by atoms with Gasteiger partial charge in [-0.25, -0.2) is 4.79 Å². The van der Waals surface area contributed by atoms with E-state index in [1.165, 1.54) is 0 Å². The lowest BCUT2D eigenvalue weighted by Crippen LogP contribution is -2.44. The van der Waals surface area contributed by atoms with Gasteiger partial charge in [-0.3, -0.25) is 14.2 Å². The average Bonchev–Trinajstić information content (AvgIpc) is 3.41. The van der Waals surface area contributed by atoms with E-state index in [-0.39, 0.29) is 19.4 Å². The van der Waals surface area contributed by atoms with Crippen LogP contribution in [0, 0.1) is 0 Å². The van der Waals surface area contributed by atoms with Gasteiger partial charge in [0.25, 0.3) is 0 Å². The number of esters is 2. The van der Waals surface area contributed by atoms with Gasteiger partial charge in [-0.15, -0.1) is 0 Å². The number of halogens is 3. The van der Waals surface area contributed by atoms with Crippen LogP contribution in [0.15, 0.2) is 60.7 Å². The van der Waals surface area contributed by atoms with Gasteiger partial charge in [-0.05, 0) is 43.4 Å². The zero-order valence-corrected chi connectivity index (χ0v) is 20.8. The molecule has 2 N–H and O–H groups in total. The number of nitrogens with one attached hydrogen (secondary N) is 2. The van der Waals surface area contributed by atoms with Gasteiger partial charge in [-0.2, -0.15) is 13.2 Å². The van der Waals surface area contributed by atoms with Crippen molar-refractivity contribution in [2.75, 3.05) is 12.7 Å². The minimum absolute atomic E-state index is 0.141. The Hall–Kier alpha value is -3.01. The highest BCUT2D eigenvalue weighted by Gasteiger charge is 2.45. The maximum atomic E-state index is 14.1. The summed E-state index contributed by atoms with van der Waals surface area (Å²) in [6.45, 7) is 0.269. The molecule has 0 radical (unpaired) electrons. The summed E-state index contributed by atoms with van der Waals surface area (Å²) in [4.78, 5) is 36.8. The number of amides is 1. The first kappa shape index (κ1) is 28.6. The van der Waals surface area contributed by atoms with Gasteiger partial charge in [0, 0.05) is 0 Å². The van der Waals surface area contributed by atoms with Crippen LogP contribution in [0.1, 0.15) is 30.4 Å². The minimum Gasteiger partial charge on any atom is -0.392 e. The van der Waals surface area contributed by atoms with Crippen molar-refractivity contribution in [1.29, 1.82) is 0 Å². The van der Waals surface area contributed by atoms with E-state index in [2.05, 4.69) is 5.32 Å². The number of ether oxygens (including phenoxy) is 1. The van der Waals surface area contributed by atoms with E-state index in [0.29, 0.717) is 30.5 Å². The second-order valence-electron chi connectivity index (χ2n) is 8.60. The highest BCUT2D eigenvalue weighted by molar-refractivity contribution is 7.60. The molecule has 0 spiro atoms. The number of aryl methyl sites for hydroxylation is 1. The van der Waals surface area contributed by atoms with Crippen molar-refractivity contribution >= 4 is 25.2 Å². The number of carbonyl (C=O) groups is 3. The molecule has 3 atom stereocenters. The standard InChI is InChI=1S/C25H28F3N2O6P/c26-25(27,28)24(33)30-21(14-13-18-8-3-1-4-9-18)37(34,35-16-19-10-5-2-6-11-19)17-22(31)36-23(32)20-12-7-15-29-20/h1-6,8-11,20-21,29H,7,12-17H2,(H,30,33)/t20-,21?,37?/m0/s1.